The molecule has 8 nitrogen and oxygen atoms in total. The highest BCUT2D eigenvalue weighted by Crippen LogP contribution is 2.39. The highest BCUT2D eigenvalue weighted by Gasteiger charge is 2.33. The van der Waals surface area contributed by atoms with Crippen LogP contribution in [0.2, 0.25) is 0 Å². The number of methoxy groups -OCH3 is 1. The van der Waals surface area contributed by atoms with Crippen LogP contribution in [-0.2, 0) is 4.79 Å². The van der Waals surface area contributed by atoms with E-state index in [1.807, 2.05) is 25.1 Å². The van der Waals surface area contributed by atoms with Crippen LogP contribution in [0.3, 0.4) is 0 Å². The molecule has 1 aromatic heterocycles. The highest BCUT2D eigenvalue weighted by molar-refractivity contribution is 7.99. The molecule has 1 aromatic carbocycles. The molecule has 3 rings (SSSR count). The maximum atomic E-state index is 12.4. The van der Waals surface area contributed by atoms with E-state index in [-0.39, 0.29) is 0 Å². The Balaban J connectivity index is 1.95. The third-order valence-corrected chi connectivity index (χ3v) is 6.26. The summed E-state index contributed by atoms with van der Waals surface area (Å²) >= 11 is 1.61. The number of fused-ring (bicyclic) bond motifs is 1. The van der Waals surface area contributed by atoms with Gasteiger partial charge in [0.2, 0.25) is 17.0 Å². The predicted molar refractivity (Wildman–Crippen MR) is 127 cm³/mol. The molecule has 2 heterocycles. The molecule has 0 spiro atoms. The average molecular weight is 460 g/mol. The summed E-state index contributed by atoms with van der Waals surface area (Å²) in [6, 6.07) is 5.19. The minimum Gasteiger partial charge on any atom is -0.493 e. The number of nitrogens with one attached hydrogen (secondary N) is 1. The zero-order valence-electron chi connectivity index (χ0n) is 19.3. The molecular formula is C23H33N5O3S. The van der Waals surface area contributed by atoms with Gasteiger partial charge in [0.15, 0.2) is 11.5 Å². The molecular weight excluding hydrogens is 426 g/mol. The van der Waals surface area contributed by atoms with E-state index in [0.717, 1.165) is 43.4 Å². The number of anilines is 1. The second-order valence-electron chi connectivity index (χ2n) is 7.76. The van der Waals surface area contributed by atoms with Crippen LogP contribution >= 0.6 is 11.8 Å². The Labute approximate surface area is 193 Å². The fourth-order valence-corrected chi connectivity index (χ4v) is 4.55. The van der Waals surface area contributed by atoms with Crippen LogP contribution in [-0.4, -0.2) is 40.1 Å². The summed E-state index contributed by atoms with van der Waals surface area (Å²) in [6.07, 6.45) is 5.45. The van der Waals surface area contributed by atoms with Crippen molar-refractivity contribution in [3.8, 4) is 11.5 Å². The molecule has 2 aromatic rings. The van der Waals surface area contributed by atoms with E-state index >= 15 is 0 Å². The summed E-state index contributed by atoms with van der Waals surface area (Å²) in [4.78, 5) is 17.0. The first-order valence-electron chi connectivity index (χ1n) is 11.2. The van der Waals surface area contributed by atoms with E-state index in [1.165, 1.54) is 0 Å². The van der Waals surface area contributed by atoms with Gasteiger partial charge in [-0.15, -0.1) is 5.10 Å². The number of nitrogens with two attached hydrogens (primary N) is 1. The molecule has 0 radical (unpaired) electrons. The van der Waals surface area contributed by atoms with Crippen LogP contribution in [0.5, 0.6) is 11.5 Å². The second-order valence-corrected chi connectivity index (χ2v) is 8.82. The first-order chi connectivity index (χ1) is 15.5. The molecule has 0 saturated carbocycles. The van der Waals surface area contributed by atoms with Crippen molar-refractivity contribution < 1.29 is 14.3 Å². The van der Waals surface area contributed by atoms with Crippen molar-refractivity contribution in [1.82, 2.24) is 14.8 Å². The lowest BCUT2D eigenvalue weighted by atomic mass is 9.95. The summed E-state index contributed by atoms with van der Waals surface area (Å²) < 4.78 is 13.2. The molecule has 0 fully saturated rings. The van der Waals surface area contributed by atoms with Gasteiger partial charge in [-0.05, 0) is 37.5 Å². The summed E-state index contributed by atoms with van der Waals surface area (Å²) in [5.74, 6) is 2.32. The summed E-state index contributed by atoms with van der Waals surface area (Å²) in [5, 5.41) is 8.54. The number of hydrogen-bond acceptors (Lipinski definition) is 7. The molecule has 0 bridgehead atoms. The predicted octanol–water partition coefficient (Wildman–Crippen LogP) is 4.52. The number of nitrogens with zero attached hydrogens (tertiary/aromatic N) is 3. The number of aromatic nitrogens is 3. The van der Waals surface area contributed by atoms with E-state index in [4.69, 9.17) is 15.2 Å². The number of amides is 1. The van der Waals surface area contributed by atoms with Gasteiger partial charge >= 0.3 is 0 Å². The van der Waals surface area contributed by atoms with Gasteiger partial charge < -0.3 is 20.5 Å². The van der Waals surface area contributed by atoms with Crippen LogP contribution < -0.4 is 20.5 Å². The fourth-order valence-electron chi connectivity index (χ4n) is 3.64. The second kappa shape index (κ2) is 11.3. The van der Waals surface area contributed by atoms with Crippen molar-refractivity contribution in [2.75, 3.05) is 24.8 Å². The summed E-state index contributed by atoms with van der Waals surface area (Å²) in [7, 11) is 1.61. The Morgan fingerprint density at radius 2 is 2.00 bits per heavy atom. The van der Waals surface area contributed by atoms with Crippen molar-refractivity contribution in [3.05, 3.63) is 35.0 Å². The minimum atomic E-state index is -0.500. The van der Waals surface area contributed by atoms with E-state index < -0.39 is 11.9 Å². The number of hydrogen-bond donors (Lipinski definition) is 2. The Hall–Kier alpha value is -2.68. The molecule has 1 atom stereocenters. The molecule has 3 N–H and O–H groups in total. The van der Waals surface area contributed by atoms with Crippen LogP contribution in [0.15, 0.2) is 34.6 Å². The van der Waals surface area contributed by atoms with Gasteiger partial charge in [0.05, 0.1) is 19.3 Å². The van der Waals surface area contributed by atoms with Gasteiger partial charge in [-0.3, -0.25) is 4.79 Å². The van der Waals surface area contributed by atoms with Crippen molar-refractivity contribution >= 4 is 23.6 Å². The van der Waals surface area contributed by atoms with Crippen LogP contribution in [0.1, 0.15) is 64.5 Å². The van der Waals surface area contributed by atoms with Crippen molar-refractivity contribution in [2.24, 2.45) is 5.73 Å². The Morgan fingerprint density at radius 3 is 2.69 bits per heavy atom. The highest BCUT2D eigenvalue weighted by atomic mass is 32.2. The lowest BCUT2D eigenvalue weighted by Gasteiger charge is -2.28. The van der Waals surface area contributed by atoms with Crippen LogP contribution in [0.25, 0.3) is 0 Å². The molecule has 9 heteroatoms. The third-order valence-electron chi connectivity index (χ3n) is 5.34. The van der Waals surface area contributed by atoms with Gasteiger partial charge in [-0.25, -0.2) is 4.68 Å². The molecule has 1 aliphatic heterocycles. The van der Waals surface area contributed by atoms with Gasteiger partial charge in [-0.1, -0.05) is 50.9 Å². The van der Waals surface area contributed by atoms with Gasteiger partial charge in [0.25, 0.3) is 0 Å². The number of allylic oxidation sites excluding steroid dienone is 1. The van der Waals surface area contributed by atoms with E-state index in [1.54, 1.807) is 23.6 Å². The van der Waals surface area contributed by atoms with Crippen LogP contribution in [0.4, 0.5) is 5.95 Å². The zero-order chi connectivity index (χ0) is 23.1. The Bertz CT molecular complexity index is 973. The van der Waals surface area contributed by atoms with Crippen molar-refractivity contribution in [2.45, 2.75) is 64.1 Å². The molecule has 1 aliphatic rings. The molecule has 0 saturated heterocycles. The van der Waals surface area contributed by atoms with E-state index in [9.17, 15) is 4.79 Å². The Morgan fingerprint density at radius 1 is 1.22 bits per heavy atom. The van der Waals surface area contributed by atoms with Crippen molar-refractivity contribution in [3.63, 3.8) is 0 Å². The summed E-state index contributed by atoms with van der Waals surface area (Å²) in [5.41, 5.74) is 7.73. The number of carbonyl (C=O) groups is 1. The third kappa shape index (κ3) is 5.38. The molecule has 0 aliphatic carbocycles. The number of primary amides is 1. The SMILES string of the molecule is CCCCCOc1ccc(C2C(C(N)=O)=C(C)Nc3nc(SCCCC)nn32)cc1OC. The smallest absolute Gasteiger partial charge is 0.248 e. The zero-order valence-corrected chi connectivity index (χ0v) is 20.1. The maximum absolute atomic E-state index is 12.4. The lowest BCUT2D eigenvalue weighted by molar-refractivity contribution is -0.115. The number of benzene rings is 1. The van der Waals surface area contributed by atoms with Gasteiger partial charge in [0.1, 0.15) is 6.04 Å². The molecule has 1 amide bonds. The molecule has 32 heavy (non-hydrogen) atoms. The van der Waals surface area contributed by atoms with Crippen LogP contribution in [0, 0.1) is 0 Å². The standard InChI is InChI=1S/C23H33N5O3S/c1-5-7-9-12-31-17-11-10-16(14-18(17)30-4)20-19(21(24)29)15(3)25-22-26-23(27-28(20)22)32-13-8-6-2/h10-11,14,20H,5-9,12-13H2,1-4H3,(H2,24,29)(H,25,26,27). The number of unbranched alkanes of at least 4 members (excludes halogenated alkanes) is 3. The monoisotopic (exact) mass is 459 g/mol. The van der Waals surface area contributed by atoms with Gasteiger partial charge in [0, 0.05) is 11.4 Å². The molecule has 174 valence electrons. The molecule has 1 unspecified atom stereocenters. The number of carbonyl (C=O) groups excluding carboxylic acids is 1. The minimum absolute atomic E-state index is 0.450. The number of rotatable bonds is 12. The largest absolute Gasteiger partial charge is 0.493 e. The van der Waals surface area contributed by atoms with Crippen molar-refractivity contribution in [1.29, 1.82) is 0 Å². The normalized spacial score (nSPS) is 15.3. The quantitative estimate of drug-likeness (QED) is 0.355. The van der Waals surface area contributed by atoms with E-state index in [2.05, 4.69) is 29.2 Å². The number of thioether (sulfide) groups is 1. The maximum Gasteiger partial charge on any atom is 0.248 e. The lowest BCUT2D eigenvalue weighted by Crippen LogP contribution is -2.31. The average Bonchev–Trinajstić information content (AvgIpc) is 3.18. The topological polar surface area (TPSA) is 104 Å². The first-order valence-corrected chi connectivity index (χ1v) is 12.2. The van der Waals surface area contributed by atoms with Gasteiger partial charge in [-0.2, -0.15) is 4.98 Å². The Kier molecular flexibility index (Phi) is 8.44. The number of ether oxygens (including phenoxy) is 2. The fraction of sp³-hybridized carbons (Fsp3) is 0.522. The summed E-state index contributed by atoms with van der Waals surface area (Å²) in [6.45, 7) is 6.78. The first kappa shape index (κ1) is 24.0. The van der Waals surface area contributed by atoms with E-state index in [0.29, 0.717) is 40.5 Å².